The molecule has 3 aromatic rings. The second kappa shape index (κ2) is 12.3. The van der Waals surface area contributed by atoms with E-state index in [1.165, 1.54) is 32.9 Å². The molecule has 7 atom stereocenters. The van der Waals surface area contributed by atoms with Crippen LogP contribution in [0, 0.1) is 13.8 Å². The van der Waals surface area contributed by atoms with Gasteiger partial charge in [0.1, 0.15) is 18.1 Å². The van der Waals surface area contributed by atoms with Gasteiger partial charge in [0.05, 0.1) is 31.6 Å². The lowest BCUT2D eigenvalue weighted by Crippen LogP contribution is -2.70. The highest BCUT2D eigenvalue weighted by molar-refractivity contribution is 7.99. The molecule has 4 bridgehead atoms. The highest BCUT2D eigenvalue weighted by Crippen LogP contribution is 2.65. The number of phenolic OH excluding ortho intramolecular Hbond substituents is 2. The number of thioether (sulfide) groups is 1. The van der Waals surface area contributed by atoms with E-state index in [4.69, 9.17) is 28.4 Å². The molecule has 0 aromatic heterocycles. The van der Waals surface area contributed by atoms with Gasteiger partial charge in [-0.3, -0.25) is 19.9 Å². The van der Waals surface area contributed by atoms with Crippen molar-refractivity contribution in [3.8, 4) is 40.2 Å². The van der Waals surface area contributed by atoms with Crippen LogP contribution in [0.2, 0.25) is 0 Å². The Morgan fingerprint density at radius 2 is 1.80 bits per heavy atom. The molecule has 2 saturated heterocycles. The molecule has 3 aromatic carbocycles. The highest BCUT2D eigenvalue weighted by Gasteiger charge is 2.63. The van der Waals surface area contributed by atoms with Crippen molar-refractivity contribution in [2.75, 3.05) is 53.5 Å². The number of nitrogens with zero attached hydrogens (tertiary/aromatic N) is 2. The maximum atomic E-state index is 14.7. The number of aryl methyl sites for hydroxylation is 1. The molecule has 2 fully saturated rings. The Balaban J connectivity index is 1.33. The van der Waals surface area contributed by atoms with Crippen molar-refractivity contribution in [1.29, 1.82) is 0 Å². The number of hydrogen-bond acceptors (Lipinski definition) is 15. The summed E-state index contributed by atoms with van der Waals surface area (Å²) in [4.78, 5) is 31.7. The summed E-state index contributed by atoms with van der Waals surface area (Å²) < 4.78 is 36.0. The van der Waals surface area contributed by atoms with E-state index in [1.807, 2.05) is 31.9 Å². The number of phenols is 2. The third-order valence-electron chi connectivity index (χ3n) is 12.1. The minimum atomic E-state index is -1.52. The number of rotatable bonds is 3. The van der Waals surface area contributed by atoms with Crippen molar-refractivity contribution < 1.29 is 53.3 Å². The Labute approximate surface area is 316 Å². The van der Waals surface area contributed by atoms with Crippen molar-refractivity contribution in [2.45, 2.75) is 68.3 Å². The standard InChI is InChI=1S/C39H43N3O11S/c1-17-9-21-12-38(47)14-41(4)29(26(21)31(45)32(17)49-6)30-36-28-27(35-34(51-16-52-35)18(2)33(28)53-19(3)43)23(42(30)38)13-50-37(46)39(15-54-36)22-11-25(48-5)24(44)10-20(22)7-8-40-39/h9-11,23,29-30,36,40,44-45,47H,7-8,12-16H2,1-6H3/t23-,29-,30?,36-,38?,39+/m0/s1. The summed E-state index contributed by atoms with van der Waals surface area (Å²) in [5.41, 5.74) is 2.60. The zero-order valence-corrected chi connectivity index (χ0v) is 31.7. The van der Waals surface area contributed by atoms with Crippen LogP contribution >= 0.6 is 11.8 Å². The van der Waals surface area contributed by atoms with E-state index in [2.05, 4.69) is 10.2 Å². The number of carbonyl (C=O) groups excluding carboxylic acids is 2. The maximum absolute atomic E-state index is 14.7. The first kappa shape index (κ1) is 35.3. The third-order valence-corrected chi connectivity index (χ3v) is 13.6. The molecule has 0 aliphatic carbocycles. The van der Waals surface area contributed by atoms with E-state index in [-0.39, 0.29) is 49.4 Å². The Kier molecular flexibility index (Phi) is 8.04. The van der Waals surface area contributed by atoms with Crippen molar-refractivity contribution in [3.63, 3.8) is 0 Å². The highest BCUT2D eigenvalue weighted by atomic mass is 32.2. The van der Waals surface area contributed by atoms with E-state index in [9.17, 15) is 24.9 Å². The number of esters is 2. The van der Waals surface area contributed by atoms with Crippen LogP contribution in [0.1, 0.15) is 68.8 Å². The van der Waals surface area contributed by atoms with Crippen LogP contribution in [0.3, 0.4) is 0 Å². The van der Waals surface area contributed by atoms with Gasteiger partial charge in [-0.1, -0.05) is 6.07 Å². The van der Waals surface area contributed by atoms with Crippen LogP contribution in [-0.2, 0) is 32.7 Å². The van der Waals surface area contributed by atoms with E-state index >= 15 is 0 Å². The number of ether oxygens (including phenoxy) is 6. The molecule has 8 aliphatic heterocycles. The predicted molar refractivity (Wildman–Crippen MR) is 195 cm³/mol. The number of carbonyl (C=O) groups is 2. The molecule has 286 valence electrons. The van der Waals surface area contributed by atoms with Gasteiger partial charge in [-0.15, -0.1) is 11.8 Å². The van der Waals surface area contributed by atoms with Gasteiger partial charge in [-0.05, 0) is 61.7 Å². The number of methoxy groups -OCH3 is 2. The molecule has 11 rings (SSSR count). The number of aliphatic hydroxyl groups is 1. The van der Waals surface area contributed by atoms with Crippen LogP contribution < -0.4 is 29.0 Å². The molecule has 0 radical (unpaired) electrons. The average molecular weight is 762 g/mol. The second-order valence-electron chi connectivity index (χ2n) is 15.1. The molecule has 15 heteroatoms. The van der Waals surface area contributed by atoms with Crippen molar-refractivity contribution in [2.24, 2.45) is 0 Å². The van der Waals surface area contributed by atoms with Crippen LogP contribution in [0.15, 0.2) is 18.2 Å². The van der Waals surface area contributed by atoms with Gasteiger partial charge in [-0.2, -0.15) is 0 Å². The molecular weight excluding hydrogens is 719 g/mol. The van der Waals surface area contributed by atoms with Crippen LogP contribution in [0.4, 0.5) is 0 Å². The molecule has 0 amide bonds. The monoisotopic (exact) mass is 761 g/mol. The number of likely N-dealkylation sites (N-methyl/N-ethyl adjacent to an activating group) is 1. The summed E-state index contributed by atoms with van der Waals surface area (Å²) in [5, 5.41) is 38.8. The van der Waals surface area contributed by atoms with Crippen molar-refractivity contribution >= 4 is 23.7 Å². The summed E-state index contributed by atoms with van der Waals surface area (Å²) in [6, 6.07) is 3.43. The summed E-state index contributed by atoms with van der Waals surface area (Å²) in [6.07, 6.45) is 0.730. The molecule has 8 aliphatic rings. The fraction of sp³-hybridized carbons (Fsp3) is 0.487. The topological polar surface area (TPSA) is 169 Å². The fourth-order valence-electron chi connectivity index (χ4n) is 10.1. The van der Waals surface area contributed by atoms with Crippen molar-refractivity contribution in [3.05, 3.63) is 62.7 Å². The van der Waals surface area contributed by atoms with Gasteiger partial charge in [0.15, 0.2) is 40.0 Å². The summed E-state index contributed by atoms with van der Waals surface area (Å²) in [6.45, 7) is 5.44. The van der Waals surface area contributed by atoms with Gasteiger partial charge in [-0.25, -0.2) is 4.79 Å². The van der Waals surface area contributed by atoms with E-state index < -0.39 is 46.6 Å². The number of nitrogens with one attached hydrogen (secondary N) is 1. The van der Waals surface area contributed by atoms with E-state index in [0.717, 1.165) is 16.7 Å². The first-order valence-corrected chi connectivity index (χ1v) is 19.1. The lowest BCUT2D eigenvalue weighted by atomic mass is 9.78. The minimum absolute atomic E-state index is 0.00777. The van der Waals surface area contributed by atoms with Crippen LogP contribution in [0.25, 0.3) is 0 Å². The quantitative estimate of drug-likeness (QED) is 0.226. The minimum Gasteiger partial charge on any atom is -0.504 e. The summed E-state index contributed by atoms with van der Waals surface area (Å²) in [5.74, 6) is 0.890. The lowest BCUT2D eigenvalue weighted by molar-refractivity contribution is -0.215. The Bertz CT molecular complexity index is 2150. The number of benzene rings is 3. The molecule has 8 heterocycles. The van der Waals surface area contributed by atoms with E-state index in [1.54, 1.807) is 12.1 Å². The number of aromatic hydroxyl groups is 2. The molecule has 1 spiro atoms. The normalized spacial score (nSPS) is 30.4. The van der Waals surface area contributed by atoms with Crippen molar-refractivity contribution in [1.82, 2.24) is 15.1 Å². The summed E-state index contributed by atoms with van der Waals surface area (Å²) >= 11 is 1.47. The predicted octanol–water partition coefficient (Wildman–Crippen LogP) is 3.41. The maximum Gasteiger partial charge on any atom is 0.331 e. The average Bonchev–Trinajstić information content (AvgIpc) is 3.54. The number of hydrogen-bond donors (Lipinski definition) is 4. The largest absolute Gasteiger partial charge is 0.504 e. The molecule has 4 N–H and O–H groups in total. The molecule has 14 nitrogen and oxygen atoms in total. The van der Waals surface area contributed by atoms with Crippen LogP contribution in [0.5, 0.6) is 40.2 Å². The van der Waals surface area contributed by atoms with E-state index in [0.29, 0.717) is 63.8 Å². The SMILES string of the molecule is COc1cc2c(cc1O)CCN[C@]21CS[C@H]2c3c(OC(C)=O)c(C)c4c(c3[C@H](COC1=O)N1C2[C@@H]2c3c(cc(C)c(OC)c3O)CC1(O)CN2C)OCO4. The molecule has 54 heavy (non-hydrogen) atoms. The van der Waals surface area contributed by atoms with Gasteiger partial charge in [0.2, 0.25) is 6.79 Å². The fourth-order valence-corrected chi connectivity index (χ4v) is 11.8. The van der Waals surface area contributed by atoms with Gasteiger partial charge >= 0.3 is 11.9 Å². The van der Waals surface area contributed by atoms with Gasteiger partial charge in [0, 0.05) is 60.5 Å². The van der Waals surface area contributed by atoms with Gasteiger partial charge < -0.3 is 43.7 Å². The molecule has 3 unspecified atom stereocenters. The smallest absolute Gasteiger partial charge is 0.331 e. The van der Waals surface area contributed by atoms with Crippen LogP contribution in [-0.4, -0.2) is 102 Å². The Morgan fingerprint density at radius 3 is 2.54 bits per heavy atom. The first-order valence-electron chi connectivity index (χ1n) is 18.0. The third kappa shape index (κ3) is 4.74. The molecular formula is C39H43N3O11S. The van der Waals surface area contributed by atoms with Gasteiger partial charge in [0.25, 0.3) is 0 Å². The Hall–Kier alpha value is -4.41. The Morgan fingerprint density at radius 1 is 1.02 bits per heavy atom. The first-order chi connectivity index (χ1) is 25.8. The zero-order chi connectivity index (χ0) is 38.0. The number of fused-ring (bicyclic) bond motifs is 6. The lowest BCUT2D eigenvalue weighted by Gasteiger charge is -2.60. The summed E-state index contributed by atoms with van der Waals surface area (Å²) in [7, 11) is 4.92. The second-order valence-corrected chi connectivity index (χ2v) is 16.2. The zero-order valence-electron chi connectivity index (χ0n) is 30.9. The molecule has 0 saturated carbocycles. The number of piperazine rings is 1.